The molecule has 0 unspecified atom stereocenters. The monoisotopic (exact) mass is 139 g/mol. The topological polar surface area (TPSA) is 26.0 Å². The highest BCUT2D eigenvalue weighted by Gasteiger charge is 2.34. The van der Waals surface area contributed by atoms with Crippen molar-refractivity contribution in [3.05, 3.63) is 12.2 Å². The maximum atomic E-state index is 5.63. The van der Waals surface area contributed by atoms with Crippen LogP contribution >= 0.6 is 0 Å². The van der Waals surface area contributed by atoms with E-state index in [0.29, 0.717) is 5.41 Å². The van der Waals surface area contributed by atoms with E-state index in [0.717, 1.165) is 12.5 Å². The van der Waals surface area contributed by atoms with Gasteiger partial charge in [0.1, 0.15) is 0 Å². The van der Waals surface area contributed by atoms with Crippen molar-refractivity contribution in [2.45, 2.75) is 26.7 Å². The summed E-state index contributed by atoms with van der Waals surface area (Å²) < 4.78 is 0. The molecule has 0 aromatic rings. The number of hydrogen-bond acceptors (Lipinski definition) is 1. The molecular weight excluding hydrogens is 122 g/mol. The third-order valence-electron chi connectivity index (χ3n) is 2.70. The van der Waals surface area contributed by atoms with Gasteiger partial charge in [-0.2, -0.15) is 0 Å². The summed E-state index contributed by atoms with van der Waals surface area (Å²) in [6.45, 7) is 9.19. The Bertz CT molecular complexity index is 139. The average Bonchev–Trinajstić information content (AvgIpc) is 1.81. The molecule has 0 radical (unpaired) electrons. The van der Waals surface area contributed by atoms with Crippen molar-refractivity contribution in [2.75, 3.05) is 6.54 Å². The van der Waals surface area contributed by atoms with Crippen molar-refractivity contribution in [2.24, 2.45) is 17.1 Å². The second-order valence-corrected chi connectivity index (χ2v) is 4.05. The quantitative estimate of drug-likeness (QED) is 0.581. The summed E-state index contributed by atoms with van der Waals surface area (Å²) in [6.07, 6.45) is 2.40. The van der Waals surface area contributed by atoms with Crippen LogP contribution in [0.5, 0.6) is 0 Å². The highest BCUT2D eigenvalue weighted by molar-refractivity contribution is 5.10. The Balaban J connectivity index is 2.43. The lowest BCUT2D eigenvalue weighted by Gasteiger charge is -2.41. The fourth-order valence-corrected chi connectivity index (χ4v) is 1.36. The molecule has 1 fully saturated rings. The smallest absolute Gasteiger partial charge is 0.00229 e. The van der Waals surface area contributed by atoms with Crippen LogP contribution in [0.4, 0.5) is 0 Å². The van der Waals surface area contributed by atoms with Crippen LogP contribution in [0.2, 0.25) is 0 Å². The van der Waals surface area contributed by atoms with Crippen molar-refractivity contribution < 1.29 is 0 Å². The van der Waals surface area contributed by atoms with Gasteiger partial charge in [-0.1, -0.05) is 26.0 Å². The third kappa shape index (κ3) is 1.24. The average molecular weight is 139 g/mol. The summed E-state index contributed by atoms with van der Waals surface area (Å²) in [7, 11) is 0. The Morgan fingerprint density at radius 1 is 1.60 bits per heavy atom. The van der Waals surface area contributed by atoms with Gasteiger partial charge in [0.05, 0.1) is 0 Å². The van der Waals surface area contributed by atoms with E-state index in [2.05, 4.69) is 20.4 Å². The van der Waals surface area contributed by atoms with Crippen LogP contribution in [0.3, 0.4) is 0 Å². The summed E-state index contributed by atoms with van der Waals surface area (Å²) >= 11 is 0. The van der Waals surface area contributed by atoms with Crippen molar-refractivity contribution in [3.8, 4) is 0 Å². The van der Waals surface area contributed by atoms with Crippen LogP contribution in [0.1, 0.15) is 26.7 Å². The number of nitrogens with two attached hydrogens (primary N) is 1. The molecule has 0 heterocycles. The van der Waals surface area contributed by atoms with Gasteiger partial charge in [-0.25, -0.2) is 0 Å². The minimum atomic E-state index is 0.335. The zero-order chi connectivity index (χ0) is 7.78. The van der Waals surface area contributed by atoms with E-state index >= 15 is 0 Å². The van der Waals surface area contributed by atoms with Gasteiger partial charge >= 0.3 is 0 Å². The largest absolute Gasteiger partial charge is 0.330 e. The fraction of sp³-hybridized carbons (Fsp3) is 0.778. The van der Waals surface area contributed by atoms with E-state index in [9.17, 15) is 0 Å². The first kappa shape index (κ1) is 7.80. The predicted octanol–water partition coefficient (Wildman–Crippen LogP) is 1.94. The zero-order valence-corrected chi connectivity index (χ0v) is 6.98. The van der Waals surface area contributed by atoms with Gasteiger partial charge < -0.3 is 5.73 Å². The molecule has 1 aliphatic carbocycles. The summed E-state index contributed by atoms with van der Waals surface area (Å²) in [4.78, 5) is 0. The van der Waals surface area contributed by atoms with Gasteiger partial charge in [-0.15, -0.1) is 0 Å². The molecule has 10 heavy (non-hydrogen) atoms. The van der Waals surface area contributed by atoms with Gasteiger partial charge in [-0.3, -0.25) is 0 Å². The molecule has 1 rings (SSSR count). The Hall–Kier alpha value is -0.300. The molecular formula is C9H17N. The van der Waals surface area contributed by atoms with Crippen LogP contribution in [-0.2, 0) is 0 Å². The second-order valence-electron chi connectivity index (χ2n) is 4.05. The second kappa shape index (κ2) is 2.39. The molecule has 0 amide bonds. The lowest BCUT2D eigenvalue weighted by Crippen LogP contribution is -2.37. The summed E-state index contributed by atoms with van der Waals surface area (Å²) in [5.41, 5.74) is 7.36. The van der Waals surface area contributed by atoms with E-state index in [1.54, 1.807) is 0 Å². The lowest BCUT2D eigenvalue weighted by molar-refractivity contribution is 0.176. The Morgan fingerprint density at radius 2 is 2.10 bits per heavy atom. The molecule has 1 saturated carbocycles. The molecule has 2 N–H and O–H groups in total. The Morgan fingerprint density at radius 3 is 2.40 bits per heavy atom. The first-order chi connectivity index (χ1) is 4.56. The van der Waals surface area contributed by atoms with Crippen molar-refractivity contribution in [1.29, 1.82) is 0 Å². The van der Waals surface area contributed by atoms with Crippen LogP contribution in [-0.4, -0.2) is 6.54 Å². The van der Waals surface area contributed by atoms with Gasteiger partial charge in [0.2, 0.25) is 0 Å². The minimum Gasteiger partial charge on any atom is -0.330 e. The van der Waals surface area contributed by atoms with Gasteiger partial charge in [0.25, 0.3) is 0 Å². The van der Waals surface area contributed by atoms with E-state index in [1.807, 2.05) is 0 Å². The molecule has 0 aliphatic heterocycles. The summed E-state index contributed by atoms with van der Waals surface area (Å²) in [5.74, 6) is 0.796. The van der Waals surface area contributed by atoms with E-state index in [1.165, 1.54) is 18.4 Å². The highest BCUT2D eigenvalue weighted by atomic mass is 14.6. The van der Waals surface area contributed by atoms with Crippen LogP contribution in [0.15, 0.2) is 12.2 Å². The molecule has 58 valence electrons. The Kier molecular flexibility index (Phi) is 1.86. The van der Waals surface area contributed by atoms with E-state index in [4.69, 9.17) is 5.73 Å². The first-order valence-electron chi connectivity index (χ1n) is 3.93. The molecule has 0 saturated heterocycles. The van der Waals surface area contributed by atoms with Gasteiger partial charge in [-0.05, 0) is 30.7 Å². The van der Waals surface area contributed by atoms with E-state index < -0.39 is 0 Å². The normalized spacial score (nSPS) is 20.9. The maximum absolute atomic E-state index is 5.63. The lowest BCUT2D eigenvalue weighted by atomic mass is 9.65. The van der Waals surface area contributed by atoms with Gasteiger partial charge in [0.15, 0.2) is 0 Å². The molecule has 0 spiro atoms. The minimum absolute atomic E-state index is 0.335. The number of allylic oxidation sites excluding steroid dienone is 1. The maximum Gasteiger partial charge on any atom is -0.00229 e. The third-order valence-corrected chi connectivity index (χ3v) is 2.70. The van der Waals surface area contributed by atoms with Crippen LogP contribution in [0.25, 0.3) is 0 Å². The Labute approximate surface area is 63.3 Å². The SMILES string of the molecule is C=C1CC(C(C)(C)CN)C1. The molecule has 1 nitrogen and oxygen atoms in total. The molecule has 0 aromatic carbocycles. The van der Waals surface area contributed by atoms with Gasteiger partial charge in [0, 0.05) is 0 Å². The predicted molar refractivity (Wildman–Crippen MR) is 44.7 cm³/mol. The van der Waals surface area contributed by atoms with Crippen molar-refractivity contribution in [3.63, 3.8) is 0 Å². The molecule has 0 aromatic heterocycles. The van der Waals surface area contributed by atoms with Crippen molar-refractivity contribution >= 4 is 0 Å². The highest BCUT2D eigenvalue weighted by Crippen LogP contribution is 2.43. The molecule has 1 heteroatoms. The van der Waals surface area contributed by atoms with Crippen LogP contribution in [0, 0.1) is 11.3 Å². The molecule has 0 atom stereocenters. The summed E-state index contributed by atoms with van der Waals surface area (Å²) in [6, 6.07) is 0. The van der Waals surface area contributed by atoms with Crippen molar-refractivity contribution in [1.82, 2.24) is 0 Å². The molecule has 0 bridgehead atoms. The number of hydrogen-bond donors (Lipinski definition) is 1. The van der Waals surface area contributed by atoms with E-state index in [-0.39, 0.29) is 0 Å². The summed E-state index contributed by atoms with van der Waals surface area (Å²) in [5, 5.41) is 0. The van der Waals surface area contributed by atoms with Crippen LogP contribution < -0.4 is 5.73 Å². The number of rotatable bonds is 2. The zero-order valence-electron chi connectivity index (χ0n) is 6.98. The fourth-order valence-electron chi connectivity index (χ4n) is 1.36. The standard InChI is InChI=1S/C9H17N/c1-7-4-8(5-7)9(2,3)6-10/h8H,1,4-6,10H2,2-3H3. The molecule has 1 aliphatic rings. The first-order valence-corrected chi connectivity index (χ1v) is 3.93.